The molecule has 9 nitrogen and oxygen atoms in total. The predicted octanol–water partition coefficient (Wildman–Crippen LogP) is 5.22. The van der Waals surface area contributed by atoms with Crippen LogP contribution in [0.3, 0.4) is 0 Å². The Kier molecular flexibility index (Phi) is 8.50. The van der Waals surface area contributed by atoms with Crippen molar-refractivity contribution >= 4 is 32.6 Å². The number of likely N-dealkylation sites (tertiary alicyclic amines) is 1. The van der Waals surface area contributed by atoms with Crippen LogP contribution in [0.2, 0.25) is 0 Å². The van der Waals surface area contributed by atoms with Gasteiger partial charge in [0.15, 0.2) is 5.82 Å². The largest absolute Gasteiger partial charge is 0.357 e. The number of nitrogens with zero attached hydrogens (tertiary/aromatic N) is 6. The summed E-state index contributed by atoms with van der Waals surface area (Å²) < 4.78 is 59.4. The van der Waals surface area contributed by atoms with Gasteiger partial charge in [0.05, 0.1) is 22.5 Å². The summed E-state index contributed by atoms with van der Waals surface area (Å²) in [4.78, 5) is 17.9. The van der Waals surface area contributed by atoms with E-state index in [1.165, 1.54) is 10.9 Å². The highest BCUT2D eigenvalue weighted by molar-refractivity contribution is 7.92. The molecule has 41 heavy (non-hydrogen) atoms. The van der Waals surface area contributed by atoms with Crippen molar-refractivity contribution in [2.75, 3.05) is 42.1 Å². The molecule has 1 saturated heterocycles. The highest BCUT2D eigenvalue weighted by Gasteiger charge is 2.26. The molecule has 5 rings (SSSR count). The minimum Gasteiger partial charge on any atom is -0.357 e. The fraction of sp³-hybridized carbons (Fsp3) is 0.414. The number of aromatic nitrogens is 4. The Morgan fingerprint density at radius 2 is 1.78 bits per heavy atom. The summed E-state index contributed by atoms with van der Waals surface area (Å²) in [6.07, 6.45) is 9.78. The molecule has 218 valence electrons. The van der Waals surface area contributed by atoms with E-state index in [0.717, 1.165) is 56.8 Å². The number of rotatable bonds is 10. The molecular formula is C29H35F2N7O2S. The van der Waals surface area contributed by atoms with Crippen molar-refractivity contribution in [3.05, 3.63) is 60.8 Å². The Labute approximate surface area is 239 Å². The lowest BCUT2D eigenvalue weighted by molar-refractivity contribution is 0.211. The standard InChI is InChI=1S/C29H35F2N7O2S/c1-4-12-37-13-10-21(11-14-37)36(3)26-9-8-25-28(34-26)22(20-16-32-19-33-17-20)18-38(25)29-23(30)6-7-24(27(29)31)35-41(39,40)15-5-2/h6-9,16-19,21,35H,4-5,10-15H2,1-3H3. The molecule has 12 heteroatoms. The maximum absolute atomic E-state index is 15.8. The molecule has 0 spiro atoms. The summed E-state index contributed by atoms with van der Waals surface area (Å²) in [5.74, 6) is -1.28. The van der Waals surface area contributed by atoms with Crippen LogP contribution in [0.1, 0.15) is 39.5 Å². The van der Waals surface area contributed by atoms with E-state index in [4.69, 9.17) is 4.98 Å². The zero-order chi connectivity index (χ0) is 29.1. The fourth-order valence-electron chi connectivity index (χ4n) is 5.49. The van der Waals surface area contributed by atoms with Crippen molar-refractivity contribution in [1.29, 1.82) is 0 Å². The molecule has 0 unspecified atom stereocenters. The van der Waals surface area contributed by atoms with Gasteiger partial charge in [0, 0.05) is 55.9 Å². The first-order valence-electron chi connectivity index (χ1n) is 13.9. The second-order valence-electron chi connectivity index (χ2n) is 10.4. The van der Waals surface area contributed by atoms with E-state index in [-0.39, 0.29) is 11.4 Å². The third-order valence-corrected chi connectivity index (χ3v) is 9.03. The van der Waals surface area contributed by atoms with Crippen molar-refractivity contribution in [1.82, 2.24) is 24.4 Å². The first-order valence-corrected chi connectivity index (χ1v) is 15.6. The summed E-state index contributed by atoms with van der Waals surface area (Å²) in [6, 6.07) is 6.11. The smallest absolute Gasteiger partial charge is 0.232 e. The molecule has 0 amide bonds. The number of nitrogens with one attached hydrogen (secondary N) is 1. The van der Waals surface area contributed by atoms with E-state index in [0.29, 0.717) is 34.6 Å². The van der Waals surface area contributed by atoms with Gasteiger partial charge in [0.2, 0.25) is 10.0 Å². The van der Waals surface area contributed by atoms with Crippen molar-refractivity contribution in [2.45, 2.75) is 45.6 Å². The van der Waals surface area contributed by atoms with Crippen LogP contribution in [0.15, 0.2) is 49.2 Å². The van der Waals surface area contributed by atoms with E-state index < -0.39 is 27.3 Å². The fourth-order valence-corrected chi connectivity index (χ4v) is 6.62. The highest BCUT2D eigenvalue weighted by Crippen LogP contribution is 2.36. The van der Waals surface area contributed by atoms with Gasteiger partial charge < -0.3 is 14.4 Å². The van der Waals surface area contributed by atoms with Gasteiger partial charge in [-0.15, -0.1) is 0 Å². The van der Waals surface area contributed by atoms with Crippen LogP contribution in [0, 0.1) is 11.6 Å². The zero-order valence-electron chi connectivity index (χ0n) is 23.5. The minimum atomic E-state index is -3.79. The van der Waals surface area contributed by atoms with E-state index in [9.17, 15) is 8.42 Å². The van der Waals surface area contributed by atoms with Crippen LogP contribution in [-0.4, -0.2) is 71.3 Å². The average Bonchev–Trinajstić information content (AvgIpc) is 3.34. The summed E-state index contributed by atoms with van der Waals surface area (Å²) in [5.41, 5.74) is 1.51. The first kappa shape index (κ1) is 28.9. The van der Waals surface area contributed by atoms with Crippen molar-refractivity contribution in [3.8, 4) is 16.8 Å². The van der Waals surface area contributed by atoms with Crippen LogP contribution < -0.4 is 9.62 Å². The number of sulfonamides is 1. The molecule has 0 bridgehead atoms. The Morgan fingerprint density at radius 1 is 1.05 bits per heavy atom. The quantitative estimate of drug-likeness (QED) is 0.273. The van der Waals surface area contributed by atoms with Gasteiger partial charge in [-0.1, -0.05) is 13.8 Å². The molecule has 1 fully saturated rings. The number of pyridine rings is 1. The van der Waals surface area contributed by atoms with Gasteiger partial charge in [0.1, 0.15) is 23.6 Å². The average molecular weight is 584 g/mol. The summed E-state index contributed by atoms with van der Waals surface area (Å²) >= 11 is 0. The van der Waals surface area contributed by atoms with Gasteiger partial charge in [-0.25, -0.2) is 32.2 Å². The van der Waals surface area contributed by atoms with E-state index in [2.05, 4.69) is 31.4 Å². The van der Waals surface area contributed by atoms with Crippen molar-refractivity contribution in [2.24, 2.45) is 0 Å². The summed E-state index contributed by atoms with van der Waals surface area (Å²) in [5, 5.41) is 0. The number of fused-ring (bicyclic) bond motifs is 1. The van der Waals surface area contributed by atoms with Gasteiger partial charge in [-0.3, -0.25) is 4.72 Å². The third-order valence-electron chi connectivity index (χ3n) is 7.56. The Balaban J connectivity index is 1.59. The second-order valence-corrected chi connectivity index (χ2v) is 12.3. The van der Waals surface area contributed by atoms with Crippen LogP contribution in [0.5, 0.6) is 0 Å². The van der Waals surface area contributed by atoms with E-state index in [1.807, 2.05) is 13.1 Å². The molecule has 4 heterocycles. The molecule has 1 aromatic carbocycles. The zero-order valence-corrected chi connectivity index (χ0v) is 24.3. The molecule has 0 saturated carbocycles. The first-order chi connectivity index (χ1) is 19.7. The normalized spacial score (nSPS) is 15.0. The summed E-state index contributed by atoms with van der Waals surface area (Å²) in [7, 11) is -1.76. The summed E-state index contributed by atoms with van der Waals surface area (Å²) in [6.45, 7) is 7.07. The molecule has 1 aliphatic rings. The predicted molar refractivity (Wildman–Crippen MR) is 158 cm³/mol. The minimum absolute atomic E-state index is 0.179. The molecular weight excluding hydrogens is 548 g/mol. The molecule has 0 aliphatic carbocycles. The molecule has 3 aromatic heterocycles. The molecule has 1 N–H and O–H groups in total. The third kappa shape index (κ3) is 6.03. The lowest BCUT2D eigenvalue weighted by Crippen LogP contribution is -2.43. The number of halogens is 2. The molecule has 0 atom stereocenters. The molecule has 0 radical (unpaired) electrons. The van der Waals surface area contributed by atoms with Crippen LogP contribution >= 0.6 is 0 Å². The van der Waals surface area contributed by atoms with Gasteiger partial charge in [0.25, 0.3) is 0 Å². The van der Waals surface area contributed by atoms with Gasteiger partial charge in [-0.05, 0) is 56.5 Å². The number of hydrogen-bond acceptors (Lipinski definition) is 7. The molecule has 1 aliphatic heterocycles. The Hall–Kier alpha value is -3.64. The van der Waals surface area contributed by atoms with Crippen molar-refractivity contribution < 1.29 is 17.2 Å². The lowest BCUT2D eigenvalue weighted by Gasteiger charge is -2.37. The lowest BCUT2D eigenvalue weighted by atomic mass is 10.0. The van der Waals surface area contributed by atoms with Crippen molar-refractivity contribution in [3.63, 3.8) is 0 Å². The van der Waals surface area contributed by atoms with Gasteiger partial charge in [-0.2, -0.15) is 0 Å². The number of anilines is 2. The maximum atomic E-state index is 15.8. The van der Waals surface area contributed by atoms with Crippen LogP contribution in [0.25, 0.3) is 27.8 Å². The maximum Gasteiger partial charge on any atom is 0.232 e. The van der Waals surface area contributed by atoms with E-state index in [1.54, 1.807) is 31.6 Å². The molecule has 4 aromatic rings. The monoisotopic (exact) mass is 583 g/mol. The Bertz CT molecular complexity index is 1620. The van der Waals surface area contributed by atoms with Crippen LogP contribution in [-0.2, 0) is 10.0 Å². The Morgan fingerprint density at radius 3 is 2.46 bits per heavy atom. The SMILES string of the molecule is CCCN1CCC(N(C)c2ccc3c(n2)c(-c2cncnc2)cn3-c2c(F)ccc(NS(=O)(=O)CCC)c2F)CC1. The van der Waals surface area contributed by atoms with E-state index >= 15 is 8.78 Å². The highest BCUT2D eigenvalue weighted by atomic mass is 32.2. The van der Waals surface area contributed by atoms with Crippen LogP contribution in [0.4, 0.5) is 20.3 Å². The number of benzene rings is 1. The topological polar surface area (TPSA) is 96.2 Å². The number of piperidine rings is 1. The number of hydrogen-bond donors (Lipinski definition) is 1. The second kappa shape index (κ2) is 12.1. The van der Waals surface area contributed by atoms with Gasteiger partial charge >= 0.3 is 0 Å².